The molecule has 0 aliphatic carbocycles. The lowest BCUT2D eigenvalue weighted by Crippen LogP contribution is -2.32. The molecule has 0 saturated heterocycles. The van der Waals surface area contributed by atoms with Crippen LogP contribution in [0.5, 0.6) is 5.75 Å². The fourth-order valence-corrected chi connectivity index (χ4v) is 1.60. The van der Waals surface area contributed by atoms with Crippen molar-refractivity contribution >= 4 is 0 Å². The SMILES string of the molecule is Cc1ccc(C)c(OCC(O)CNCCCN)c1. The van der Waals surface area contributed by atoms with Crippen LogP contribution in [0, 0.1) is 13.8 Å². The molecule has 102 valence electrons. The molecule has 0 aliphatic heterocycles. The Morgan fingerprint density at radius 2 is 2.17 bits per heavy atom. The smallest absolute Gasteiger partial charge is 0.122 e. The second-order valence-corrected chi connectivity index (χ2v) is 4.58. The van der Waals surface area contributed by atoms with E-state index in [0.717, 1.165) is 29.8 Å². The molecule has 0 spiro atoms. The zero-order chi connectivity index (χ0) is 13.4. The van der Waals surface area contributed by atoms with Crippen LogP contribution >= 0.6 is 0 Å². The molecule has 4 heteroatoms. The third-order valence-corrected chi connectivity index (χ3v) is 2.71. The molecule has 1 aromatic carbocycles. The van der Waals surface area contributed by atoms with Crippen LogP contribution in [0.4, 0.5) is 0 Å². The molecule has 1 unspecified atom stereocenters. The van der Waals surface area contributed by atoms with Crippen LogP contribution in [-0.2, 0) is 0 Å². The molecule has 0 aliphatic rings. The lowest BCUT2D eigenvalue weighted by molar-refractivity contribution is 0.106. The van der Waals surface area contributed by atoms with Gasteiger partial charge < -0.3 is 20.9 Å². The van der Waals surface area contributed by atoms with E-state index in [1.165, 1.54) is 0 Å². The molecular formula is C14H24N2O2. The summed E-state index contributed by atoms with van der Waals surface area (Å²) in [5, 5.41) is 12.9. The maximum absolute atomic E-state index is 9.75. The minimum Gasteiger partial charge on any atom is -0.491 e. The van der Waals surface area contributed by atoms with Gasteiger partial charge in [0.25, 0.3) is 0 Å². The molecular weight excluding hydrogens is 228 g/mol. The Morgan fingerprint density at radius 3 is 2.89 bits per heavy atom. The molecule has 0 amide bonds. The summed E-state index contributed by atoms with van der Waals surface area (Å²) in [5.41, 5.74) is 7.63. The van der Waals surface area contributed by atoms with Crippen molar-refractivity contribution in [3.63, 3.8) is 0 Å². The first kappa shape index (κ1) is 15.0. The highest BCUT2D eigenvalue weighted by Gasteiger charge is 2.06. The molecule has 4 nitrogen and oxygen atoms in total. The van der Waals surface area contributed by atoms with E-state index in [-0.39, 0.29) is 0 Å². The highest BCUT2D eigenvalue weighted by atomic mass is 16.5. The van der Waals surface area contributed by atoms with Crippen molar-refractivity contribution in [3.8, 4) is 5.75 Å². The predicted octanol–water partition coefficient (Wildman–Crippen LogP) is 0.982. The standard InChI is InChI=1S/C14H24N2O2/c1-11-4-5-12(2)14(8-11)18-10-13(17)9-16-7-3-6-15/h4-5,8,13,16-17H,3,6-7,9-10,15H2,1-2H3. The summed E-state index contributed by atoms with van der Waals surface area (Å²) in [4.78, 5) is 0. The number of aliphatic hydroxyl groups is 1. The van der Waals surface area contributed by atoms with Gasteiger partial charge in [-0.15, -0.1) is 0 Å². The molecule has 1 rings (SSSR count). The Morgan fingerprint density at radius 1 is 1.39 bits per heavy atom. The number of benzene rings is 1. The van der Waals surface area contributed by atoms with E-state index in [9.17, 15) is 5.11 Å². The number of rotatable bonds is 8. The van der Waals surface area contributed by atoms with Crippen LogP contribution in [0.3, 0.4) is 0 Å². The van der Waals surface area contributed by atoms with Gasteiger partial charge in [-0.2, -0.15) is 0 Å². The van der Waals surface area contributed by atoms with Crippen LogP contribution in [0.2, 0.25) is 0 Å². The molecule has 0 radical (unpaired) electrons. The van der Waals surface area contributed by atoms with Crippen LogP contribution in [0.1, 0.15) is 17.5 Å². The summed E-state index contributed by atoms with van der Waals surface area (Å²) < 4.78 is 5.62. The minimum atomic E-state index is -0.498. The number of hydrogen-bond acceptors (Lipinski definition) is 4. The van der Waals surface area contributed by atoms with Crippen molar-refractivity contribution < 1.29 is 9.84 Å². The van der Waals surface area contributed by atoms with Crippen molar-refractivity contribution in [1.29, 1.82) is 0 Å². The normalized spacial score (nSPS) is 12.4. The number of aliphatic hydroxyl groups excluding tert-OH is 1. The Kier molecular flexibility index (Phi) is 6.72. The first-order chi connectivity index (χ1) is 8.63. The van der Waals surface area contributed by atoms with Gasteiger partial charge in [0.1, 0.15) is 18.5 Å². The largest absolute Gasteiger partial charge is 0.491 e. The van der Waals surface area contributed by atoms with Crippen molar-refractivity contribution in [3.05, 3.63) is 29.3 Å². The zero-order valence-corrected chi connectivity index (χ0v) is 11.3. The first-order valence-electron chi connectivity index (χ1n) is 6.42. The van der Waals surface area contributed by atoms with E-state index in [1.54, 1.807) is 0 Å². The Balaban J connectivity index is 2.29. The molecule has 1 aromatic rings. The predicted molar refractivity (Wildman–Crippen MR) is 74.0 cm³/mol. The zero-order valence-electron chi connectivity index (χ0n) is 11.3. The van der Waals surface area contributed by atoms with Gasteiger partial charge in [0.05, 0.1) is 0 Å². The van der Waals surface area contributed by atoms with E-state index in [0.29, 0.717) is 19.7 Å². The molecule has 0 saturated carbocycles. The highest BCUT2D eigenvalue weighted by Crippen LogP contribution is 2.19. The van der Waals surface area contributed by atoms with Gasteiger partial charge in [-0.25, -0.2) is 0 Å². The Bertz CT molecular complexity index is 356. The Labute approximate surface area is 109 Å². The molecule has 18 heavy (non-hydrogen) atoms. The number of nitrogens with one attached hydrogen (secondary N) is 1. The third kappa shape index (κ3) is 5.49. The van der Waals surface area contributed by atoms with E-state index in [1.807, 2.05) is 32.0 Å². The molecule has 4 N–H and O–H groups in total. The van der Waals surface area contributed by atoms with E-state index in [4.69, 9.17) is 10.5 Å². The van der Waals surface area contributed by atoms with Gasteiger partial charge in [0.2, 0.25) is 0 Å². The minimum absolute atomic E-state index is 0.305. The average Bonchev–Trinajstić information content (AvgIpc) is 2.36. The van der Waals surface area contributed by atoms with Crippen LogP contribution < -0.4 is 15.8 Å². The summed E-state index contributed by atoms with van der Waals surface area (Å²) in [6.07, 6.45) is 0.424. The summed E-state index contributed by atoms with van der Waals surface area (Å²) >= 11 is 0. The van der Waals surface area contributed by atoms with Gasteiger partial charge in [0, 0.05) is 6.54 Å². The number of ether oxygens (including phenoxy) is 1. The van der Waals surface area contributed by atoms with Crippen LogP contribution in [-0.4, -0.2) is 37.5 Å². The van der Waals surface area contributed by atoms with E-state index < -0.39 is 6.10 Å². The van der Waals surface area contributed by atoms with Gasteiger partial charge in [0.15, 0.2) is 0 Å². The molecule has 0 bridgehead atoms. The van der Waals surface area contributed by atoms with E-state index in [2.05, 4.69) is 5.32 Å². The van der Waals surface area contributed by atoms with Crippen molar-refractivity contribution in [2.75, 3.05) is 26.2 Å². The summed E-state index contributed by atoms with van der Waals surface area (Å²) in [7, 11) is 0. The summed E-state index contributed by atoms with van der Waals surface area (Å²) in [6.45, 7) is 6.36. The molecule has 0 fully saturated rings. The molecule has 0 heterocycles. The maximum Gasteiger partial charge on any atom is 0.122 e. The monoisotopic (exact) mass is 252 g/mol. The molecule has 1 atom stereocenters. The lowest BCUT2D eigenvalue weighted by Gasteiger charge is -2.15. The highest BCUT2D eigenvalue weighted by molar-refractivity contribution is 5.35. The van der Waals surface area contributed by atoms with Crippen molar-refractivity contribution in [2.45, 2.75) is 26.4 Å². The van der Waals surface area contributed by atoms with Crippen LogP contribution in [0.25, 0.3) is 0 Å². The summed E-state index contributed by atoms with van der Waals surface area (Å²) in [6, 6.07) is 6.06. The Hall–Kier alpha value is -1.10. The fraction of sp³-hybridized carbons (Fsp3) is 0.571. The van der Waals surface area contributed by atoms with Gasteiger partial charge >= 0.3 is 0 Å². The second kappa shape index (κ2) is 8.08. The van der Waals surface area contributed by atoms with Crippen molar-refractivity contribution in [2.24, 2.45) is 5.73 Å². The third-order valence-electron chi connectivity index (χ3n) is 2.71. The second-order valence-electron chi connectivity index (χ2n) is 4.58. The van der Waals surface area contributed by atoms with Gasteiger partial charge in [-0.1, -0.05) is 12.1 Å². The van der Waals surface area contributed by atoms with E-state index >= 15 is 0 Å². The first-order valence-corrected chi connectivity index (χ1v) is 6.42. The quantitative estimate of drug-likeness (QED) is 0.603. The van der Waals surface area contributed by atoms with Crippen molar-refractivity contribution in [1.82, 2.24) is 5.32 Å². The molecule has 0 aromatic heterocycles. The average molecular weight is 252 g/mol. The number of aryl methyl sites for hydroxylation is 2. The number of nitrogens with two attached hydrogens (primary N) is 1. The topological polar surface area (TPSA) is 67.5 Å². The number of hydrogen-bond donors (Lipinski definition) is 3. The van der Waals surface area contributed by atoms with Crippen LogP contribution in [0.15, 0.2) is 18.2 Å². The van der Waals surface area contributed by atoms with Gasteiger partial charge in [-0.05, 0) is 50.6 Å². The lowest BCUT2D eigenvalue weighted by atomic mass is 10.1. The summed E-state index contributed by atoms with van der Waals surface area (Å²) in [5.74, 6) is 0.844. The fourth-order valence-electron chi connectivity index (χ4n) is 1.60. The maximum atomic E-state index is 9.75. The van der Waals surface area contributed by atoms with Gasteiger partial charge in [-0.3, -0.25) is 0 Å².